The van der Waals surface area contributed by atoms with E-state index in [0.29, 0.717) is 31.3 Å². The quantitative estimate of drug-likeness (QED) is 0.264. The number of ether oxygens (including phenoxy) is 1. The molecule has 1 aliphatic heterocycles. The molecule has 4 aliphatic carbocycles. The molecular formula is C26H29ClNNaO8S. The summed E-state index contributed by atoms with van der Waals surface area (Å²) in [4.78, 5) is 25.2. The van der Waals surface area contributed by atoms with Crippen molar-refractivity contribution in [2.24, 2.45) is 28.6 Å². The number of rotatable bonds is 3. The summed E-state index contributed by atoms with van der Waals surface area (Å²) in [6.07, 6.45) is 4.11. The molecule has 200 valence electrons. The van der Waals surface area contributed by atoms with Crippen LogP contribution in [0.2, 0.25) is 0 Å². The topological polar surface area (TPSA) is 152 Å². The molecule has 1 aromatic rings. The van der Waals surface area contributed by atoms with Gasteiger partial charge in [-0.2, -0.15) is 0 Å². The molecule has 6 rings (SSSR count). The van der Waals surface area contributed by atoms with Crippen LogP contribution in [0.3, 0.4) is 0 Å². The van der Waals surface area contributed by atoms with Crippen LogP contribution in [0.15, 0.2) is 53.5 Å². The number of carboxylic acids is 1. The number of fused-ring (bicyclic) bond motifs is 1. The molecule has 1 saturated heterocycles. The second kappa shape index (κ2) is 9.41. The van der Waals surface area contributed by atoms with Crippen molar-refractivity contribution in [2.45, 2.75) is 61.7 Å². The van der Waals surface area contributed by atoms with Gasteiger partial charge in [-0.1, -0.05) is 30.4 Å². The van der Waals surface area contributed by atoms with Gasteiger partial charge in [0, 0.05) is 16.7 Å². The molecule has 4 fully saturated rings. The minimum absolute atomic E-state index is 0. The van der Waals surface area contributed by atoms with Crippen molar-refractivity contribution >= 4 is 33.7 Å². The van der Waals surface area contributed by atoms with Gasteiger partial charge >= 0.3 is 41.5 Å². The first-order valence-electron chi connectivity index (χ1n) is 12.1. The van der Waals surface area contributed by atoms with Crippen LogP contribution >= 0.6 is 11.8 Å². The fourth-order valence-corrected chi connectivity index (χ4v) is 8.68. The predicted molar refractivity (Wildman–Crippen MR) is 133 cm³/mol. The first kappa shape index (κ1) is 29.7. The maximum absolute atomic E-state index is 12.7. The Bertz CT molecular complexity index is 1330. The average molecular weight is 574 g/mol. The van der Waals surface area contributed by atoms with Crippen LogP contribution in [0, 0.1) is 35.5 Å². The molecule has 8 atom stereocenters. The average Bonchev–Trinajstić information content (AvgIpc) is 3.26. The normalized spacial score (nSPS) is 41.8. The van der Waals surface area contributed by atoms with Gasteiger partial charge in [0.05, 0.1) is 17.6 Å². The maximum Gasteiger partial charge on any atom is 1.00 e. The van der Waals surface area contributed by atoms with Gasteiger partial charge in [0.15, 0.2) is 0 Å². The van der Waals surface area contributed by atoms with Crippen molar-refractivity contribution in [1.82, 2.24) is 0 Å². The molecular weight excluding hydrogens is 545 g/mol. The Labute approximate surface area is 248 Å². The van der Waals surface area contributed by atoms with E-state index in [2.05, 4.69) is 10.8 Å². The number of aryl methyl sites for hydroxylation is 1. The SMILES string of the molecule is C=C1C[C@]23C[C@@]1(O)CC[C@H]2[C@@]12C=C[C@H](O)[C@@](C)(C(=O)O1)[C@H]2[C@@H]3C(=O)O.Cc1ccc(S(=O)(=O)[N-]Cl)cc1.[Na+]. The number of halogens is 1. The number of aliphatic hydroxyl groups is 2. The number of carbonyl (C=O) groups is 2. The van der Waals surface area contributed by atoms with Crippen molar-refractivity contribution in [3.05, 3.63) is 58.4 Å². The molecule has 0 amide bonds. The van der Waals surface area contributed by atoms with E-state index in [4.69, 9.17) is 16.5 Å². The Kier molecular flexibility index (Phi) is 7.36. The van der Waals surface area contributed by atoms with Crippen LogP contribution in [0.4, 0.5) is 0 Å². The van der Waals surface area contributed by atoms with Gasteiger partial charge in [-0.05, 0) is 68.7 Å². The smallest absolute Gasteiger partial charge is 0.481 e. The number of sulfonamides is 1. The van der Waals surface area contributed by atoms with Crippen LogP contribution in [-0.2, 0) is 24.3 Å². The van der Waals surface area contributed by atoms with Crippen LogP contribution in [0.25, 0.3) is 4.24 Å². The number of benzene rings is 1. The summed E-state index contributed by atoms with van der Waals surface area (Å²) in [7, 11) is -3.62. The second-order valence-electron chi connectivity index (χ2n) is 11.3. The molecule has 12 heteroatoms. The third-order valence-electron chi connectivity index (χ3n) is 9.53. The summed E-state index contributed by atoms with van der Waals surface area (Å²) in [5.41, 5.74) is -2.30. The molecule has 1 spiro atoms. The van der Waals surface area contributed by atoms with Gasteiger partial charge in [-0.3, -0.25) is 21.4 Å². The van der Waals surface area contributed by atoms with E-state index in [-0.39, 0.29) is 40.4 Å². The minimum atomic E-state index is -3.62. The largest absolute Gasteiger partial charge is 1.00 e. The minimum Gasteiger partial charge on any atom is -0.481 e. The summed E-state index contributed by atoms with van der Waals surface area (Å²) in [6.45, 7) is 7.51. The van der Waals surface area contributed by atoms with Crippen molar-refractivity contribution in [1.29, 1.82) is 0 Å². The number of hydrogen-bond acceptors (Lipinski definition) is 7. The number of carboxylic acid groups (broad SMARTS) is 1. The molecule has 4 bridgehead atoms. The van der Waals surface area contributed by atoms with E-state index >= 15 is 0 Å². The number of carbonyl (C=O) groups excluding carboxylic acids is 1. The summed E-state index contributed by atoms with van der Waals surface area (Å²) >= 11 is 4.90. The third kappa shape index (κ3) is 3.83. The molecule has 3 saturated carbocycles. The number of aliphatic hydroxyl groups excluding tert-OH is 1. The Balaban J connectivity index is 0.000000221. The summed E-state index contributed by atoms with van der Waals surface area (Å²) in [5, 5.41) is 31.6. The third-order valence-corrected chi connectivity index (χ3v) is 11.1. The molecule has 9 nitrogen and oxygen atoms in total. The van der Waals surface area contributed by atoms with Crippen molar-refractivity contribution in [3.63, 3.8) is 0 Å². The maximum atomic E-state index is 12.7. The van der Waals surface area contributed by atoms with Gasteiger partial charge < -0.3 is 24.3 Å². The summed E-state index contributed by atoms with van der Waals surface area (Å²) in [5.74, 6) is -3.18. The van der Waals surface area contributed by atoms with Crippen molar-refractivity contribution in [3.8, 4) is 0 Å². The fraction of sp³-hybridized carbons (Fsp3) is 0.538. The van der Waals surface area contributed by atoms with Crippen molar-refractivity contribution in [2.75, 3.05) is 0 Å². The predicted octanol–water partition coefficient (Wildman–Crippen LogP) is 0.242. The number of hydrogen-bond donors (Lipinski definition) is 3. The number of nitrogens with zero attached hydrogens (tertiary/aromatic N) is 1. The molecule has 1 aromatic carbocycles. The zero-order chi connectivity index (χ0) is 27.2. The van der Waals surface area contributed by atoms with E-state index < -0.39 is 61.9 Å². The van der Waals surface area contributed by atoms with Crippen LogP contribution in [0.1, 0.15) is 38.2 Å². The molecule has 0 radical (unpaired) electrons. The number of esters is 1. The first-order chi connectivity index (χ1) is 17.2. The Morgan fingerprint density at radius 2 is 1.89 bits per heavy atom. The van der Waals surface area contributed by atoms with E-state index in [1.807, 2.05) is 6.92 Å². The van der Waals surface area contributed by atoms with E-state index in [9.17, 15) is 33.3 Å². The molecule has 5 aliphatic rings. The van der Waals surface area contributed by atoms with Gasteiger partial charge in [0.1, 0.15) is 21.0 Å². The summed E-state index contributed by atoms with van der Waals surface area (Å²) in [6, 6.07) is 6.32. The van der Waals surface area contributed by atoms with Gasteiger partial charge in [-0.15, -0.1) is 0 Å². The number of aliphatic carboxylic acids is 1. The van der Waals surface area contributed by atoms with E-state index in [1.165, 1.54) is 12.1 Å². The summed E-state index contributed by atoms with van der Waals surface area (Å²) < 4.78 is 30.7. The Morgan fingerprint density at radius 1 is 1.26 bits per heavy atom. The molecule has 1 heterocycles. The standard InChI is InChI=1S/C19H22O6.C7H7ClNO2S.Na/c1-9-7-17-8-18(9,24)5-3-10(17)19-6-4-11(20)16(2,15(23)25-19)13(19)12(17)14(21)22;1-6-2-4-7(5-3-6)12(10,11)9-8;/h4,6,10-13,20,24H,1,3,5,7-8H2,2H3,(H,21,22);2-5H,1H3;/q;-1;+1/t10-,11+,12-,13-,16-,17+,18+,19-;;/m1../s1. The molecule has 0 aromatic heterocycles. The Morgan fingerprint density at radius 3 is 2.47 bits per heavy atom. The van der Waals surface area contributed by atoms with Gasteiger partial charge in [0.25, 0.3) is 0 Å². The van der Waals surface area contributed by atoms with Crippen molar-refractivity contribution < 1.29 is 67.6 Å². The van der Waals surface area contributed by atoms with Crippen LogP contribution < -0.4 is 29.6 Å². The zero-order valence-corrected chi connectivity index (χ0v) is 25.0. The fourth-order valence-electron chi connectivity index (χ4n) is 7.88. The first-order valence-corrected chi connectivity index (χ1v) is 13.8. The van der Waals surface area contributed by atoms with E-state index in [0.717, 1.165) is 5.56 Å². The van der Waals surface area contributed by atoms with E-state index in [1.54, 1.807) is 31.2 Å². The molecule has 38 heavy (non-hydrogen) atoms. The monoisotopic (exact) mass is 573 g/mol. The second-order valence-corrected chi connectivity index (χ2v) is 13.3. The van der Waals surface area contributed by atoms with Gasteiger partial charge in [0.2, 0.25) is 0 Å². The Hall–Kier alpha value is -1.24. The van der Waals surface area contributed by atoms with Gasteiger partial charge in [-0.25, -0.2) is 8.42 Å². The zero-order valence-electron chi connectivity index (χ0n) is 21.4. The van der Waals surface area contributed by atoms with Crippen LogP contribution in [0.5, 0.6) is 0 Å². The molecule has 0 unspecified atom stereocenters. The van der Waals surface area contributed by atoms with Crippen LogP contribution in [-0.4, -0.2) is 53.0 Å². The molecule has 3 N–H and O–H groups in total.